The second kappa shape index (κ2) is 8.04. The highest BCUT2D eigenvalue weighted by molar-refractivity contribution is 7.80. The molecular formula is C9H21BN2O2S. The first-order chi connectivity index (χ1) is 7.11. The van der Waals surface area contributed by atoms with Gasteiger partial charge in [-0.05, 0) is 26.3 Å². The summed E-state index contributed by atoms with van der Waals surface area (Å²) in [5, 5.41) is 23.8. The lowest BCUT2D eigenvalue weighted by Gasteiger charge is -2.18. The summed E-state index contributed by atoms with van der Waals surface area (Å²) in [7, 11) is -1.36. The molecule has 1 saturated heterocycles. The quantitative estimate of drug-likeness (QED) is 0.410. The third-order valence-corrected chi connectivity index (χ3v) is 2.60. The molecule has 0 bridgehead atoms. The summed E-state index contributed by atoms with van der Waals surface area (Å²) in [4.78, 5) is 0.679. The van der Waals surface area contributed by atoms with Crippen LogP contribution in [0.2, 0.25) is 0 Å². The minimum Gasteiger partial charge on any atom is -0.426 e. The van der Waals surface area contributed by atoms with E-state index in [1.54, 1.807) is 6.92 Å². The molecule has 15 heavy (non-hydrogen) atoms. The maximum Gasteiger partial charge on any atom is 0.475 e. The first-order valence-corrected chi connectivity index (χ1v) is 5.92. The summed E-state index contributed by atoms with van der Waals surface area (Å²) < 4.78 is 0. The van der Waals surface area contributed by atoms with Crippen LogP contribution in [0.5, 0.6) is 0 Å². The average molecular weight is 232 g/mol. The van der Waals surface area contributed by atoms with E-state index in [-0.39, 0.29) is 6.04 Å². The van der Waals surface area contributed by atoms with E-state index in [0.29, 0.717) is 4.99 Å². The lowest BCUT2D eigenvalue weighted by atomic mass is 9.81. The van der Waals surface area contributed by atoms with Crippen LogP contribution in [0.4, 0.5) is 0 Å². The van der Waals surface area contributed by atoms with Gasteiger partial charge in [0.05, 0.1) is 17.0 Å². The molecule has 1 aliphatic heterocycles. The van der Waals surface area contributed by atoms with Crippen molar-refractivity contribution in [1.82, 2.24) is 10.6 Å². The summed E-state index contributed by atoms with van der Waals surface area (Å²) in [6.07, 6.45) is 2.16. The zero-order chi connectivity index (χ0) is 11.8. The molecule has 2 atom stereocenters. The predicted octanol–water partition coefficient (Wildman–Crippen LogP) is 0.0821. The molecule has 0 amide bonds. The Kier molecular flexibility index (Phi) is 7.95. The monoisotopic (exact) mass is 232 g/mol. The van der Waals surface area contributed by atoms with Crippen molar-refractivity contribution < 1.29 is 10.0 Å². The third kappa shape index (κ3) is 5.46. The van der Waals surface area contributed by atoms with Gasteiger partial charge in [-0.3, -0.25) is 0 Å². The summed E-state index contributed by atoms with van der Waals surface area (Å²) in [5.74, 6) is -0.408. The molecule has 1 aliphatic rings. The van der Waals surface area contributed by atoms with Crippen LogP contribution in [-0.2, 0) is 0 Å². The lowest BCUT2D eigenvalue weighted by molar-refractivity contribution is 0.385. The van der Waals surface area contributed by atoms with Gasteiger partial charge in [-0.2, -0.15) is 0 Å². The molecule has 1 fully saturated rings. The smallest absolute Gasteiger partial charge is 0.426 e. The molecule has 6 heteroatoms. The van der Waals surface area contributed by atoms with Gasteiger partial charge in [0.1, 0.15) is 0 Å². The van der Waals surface area contributed by atoms with Crippen LogP contribution in [0.15, 0.2) is 0 Å². The van der Waals surface area contributed by atoms with Gasteiger partial charge < -0.3 is 20.7 Å². The van der Waals surface area contributed by atoms with Crippen LogP contribution >= 0.6 is 12.2 Å². The second-order valence-corrected chi connectivity index (χ2v) is 3.80. The molecule has 0 aromatic carbocycles. The summed E-state index contributed by atoms with van der Waals surface area (Å²) in [5.41, 5.74) is 0. The summed E-state index contributed by atoms with van der Waals surface area (Å²) in [6, 6.07) is 0.205. The molecule has 0 aliphatic carbocycles. The van der Waals surface area contributed by atoms with Crippen molar-refractivity contribution in [2.75, 3.05) is 6.54 Å². The zero-order valence-electron chi connectivity index (χ0n) is 9.66. The van der Waals surface area contributed by atoms with Gasteiger partial charge in [-0.1, -0.05) is 26.1 Å². The highest BCUT2D eigenvalue weighted by Crippen LogP contribution is 2.06. The van der Waals surface area contributed by atoms with Gasteiger partial charge in [0.15, 0.2) is 0 Å². The van der Waals surface area contributed by atoms with Crippen LogP contribution < -0.4 is 10.6 Å². The van der Waals surface area contributed by atoms with Gasteiger partial charge in [0.2, 0.25) is 0 Å². The standard InChI is InChI=1S/C7H15BN2O2S.C2H6/c1-5(8(11)12)10-7(13)6-3-2-4-9-6;1-2/h5-6,9,11-12H,2-4H2,1H3,(H,10,13);1-2H3. The normalized spacial score (nSPS) is 21.3. The Morgan fingerprint density at radius 1 is 1.53 bits per heavy atom. The van der Waals surface area contributed by atoms with E-state index in [4.69, 9.17) is 22.3 Å². The molecule has 2 unspecified atom stereocenters. The Labute approximate surface area is 97.6 Å². The Bertz CT molecular complexity index is 187. The molecule has 1 heterocycles. The molecular weight excluding hydrogens is 211 g/mol. The summed E-state index contributed by atoms with van der Waals surface area (Å²) in [6.45, 7) is 6.68. The van der Waals surface area contributed by atoms with Crippen LogP contribution in [0.3, 0.4) is 0 Å². The first kappa shape index (κ1) is 14.8. The van der Waals surface area contributed by atoms with E-state index in [9.17, 15) is 0 Å². The van der Waals surface area contributed by atoms with Crippen molar-refractivity contribution in [2.24, 2.45) is 0 Å². The van der Waals surface area contributed by atoms with E-state index in [1.807, 2.05) is 13.8 Å². The molecule has 0 radical (unpaired) electrons. The molecule has 1 rings (SSSR count). The molecule has 4 nitrogen and oxygen atoms in total. The third-order valence-electron chi connectivity index (χ3n) is 2.19. The highest BCUT2D eigenvalue weighted by atomic mass is 32.1. The maximum absolute atomic E-state index is 8.83. The fourth-order valence-electron chi connectivity index (χ4n) is 1.31. The van der Waals surface area contributed by atoms with Crippen molar-refractivity contribution in [3.05, 3.63) is 0 Å². The van der Waals surface area contributed by atoms with Crippen molar-refractivity contribution >= 4 is 24.3 Å². The zero-order valence-corrected chi connectivity index (χ0v) is 10.5. The largest absolute Gasteiger partial charge is 0.475 e. The molecule has 0 aromatic heterocycles. The number of hydrogen-bond donors (Lipinski definition) is 4. The Morgan fingerprint density at radius 3 is 2.53 bits per heavy atom. The van der Waals surface area contributed by atoms with Crippen LogP contribution in [0, 0.1) is 0 Å². The lowest BCUT2D eigenvalue weighted by Crippen LogP contribution is -2.49. The van der Waals surface area contributed by atoms with E-state index in [2.05, 4.69) is 10.6 Å². The van der Waals surface area contributed by atoms with Gasteiger partial charge in [-0.25, -0.2) is 0 Å². The van der Waals surface area contributed by atoms with E-state index in [0.717, 1.165) is 19.4 Å². The van der Waals surface area contributed by atoms with Crippen molar-refractivity contribution in [2.45, 2.75) is 45.6 Å². The highest BCUT2D eigenvalue weighted by Gasteiger charge is 2.23. The van der Waals surface area contributed by atoms with Gasteiger partial charge in [0.25, 0.3) is 0 Å². The minimum absolute atomic E-state index is 0.205. The van der Waals surface area contributed by atoms with Crippen molar-refractivity contribution in [3.8, 4) is 0 Å². The first-order valence-electron chi connectivity index (χ1n) is 5.51. The SMILES string of the molecule is CC.CC(NC(=S)C1CCCN1)B(O)O. The fourth-order valence-corrected chi connectivity index (χ4v) is 1.69. The topological polar surface area (TPSA) is 64.5 Å². The van der Waals surface area contributed by atoms with Crippen molar-refractivity contribution in [1.29, 1.82) is 0 Å². The molecule has 0 aromatic rings. The number of rotatable bonds is 3. The number of hydrogen-bond acceptors (Lipinski definition) is 4. The van der Waals surface area contributed by atoms with Gasteiger partial charge >= 0.3 is 7.12 Å². The van der Waals surface area contributed by atoms with E-state index < -0.39 is 13.1 Å². The average Bonchev–Trinajstić information content (AvgIpc) is 2.73. The Morgan fingerprint density at radius 2 is 2.13 bits per heavy atom. The van der Waals surface area contributed by atoms with E-state index >= 15 is 0 Å². The molecule has 0 spiro atoms. The van der Waals surface area contributed by atoms with E-state index in [1.165, 1.54) is 0 Å². The van der Waals surface area contributed by atoms with Crippen LogP contribution in [0.25, 0.3) is 0 Å². The molecule has 88 valence electrons. The van der Waals surface area contributed by atoms with Crippen LogP contribution in [0.1, 0.15) is 33.6 Å². The fraction of sp³-hybridized carbons (Fsp3) is 0.889. The second-order valence-electron chi connectivity index (χ2n) is 3.36. The Hall–Kier alpha value is -0.165. The maximum atomic E-state index is 8.83. The number of thiocarbonyl (C=S) groups is 1. The van der Waals surface area contributed by atoms with Gasteiger partial charge in [0, 0.05) is 0 Å². The van der Waals surface area contributed by atoms with Crippen LogP contribution in [-0.4, -0.2) is 40.7 Å². The molecule has 4 N–H and O–H groups in total. The predicted molar refractivity (Wildman–Crippen MR) is 67.8 cm³/mol. The molecule has 0 saturated carbocycles. The Balaban J connectivity index is 0.000000921. The van der Waals surface area contributed by atoms with Crippen molar-refractivity contribution in [3.63, 3.8) is 0 Å². The minimum atomic E-state index is -1.36. The number of nitrogens with one attached hydrogen (secondary N) is 2. The van der Waals surface area contributed by atoms with Gasteiger partial charge in [-0.15, -0.1) is 0 Å². The summed E-state index contributed by atoms with van der Waals surface area (Å²) >= 11 is 5.11.